The van der Waals surface area contributed by atoms with Gasteiger partial charge in [0.25, 0.3) is 0 Å². The van der Waals surface area contributed by atoms with Crippen LogP contribution in [0.15, 0.2) is 18.7 Å². The molecule has 0 bridgehead atoms. The Hall–Kier alpha value is -2.44. The van der Waals surface area contributed by atoms with E-state index in [1.54, 1.807) is 19.8 Å². The summed E-state index contributed by atoms with van der Waals surface area (Å²) in [5, 5.41) is 0. The summed E-state index contributed by atoms with van der Waals surface area (Å²) in [6, 6.07) is 2.38. The molecule has 25 heavy (non-hydrogen) atoms. The van der Waals surface area contributed by atoms with Crippen molar-refractivity contribution < 1.29 is 4.74 Å². The summed E-state index contributed by atoms with van der Waals surface area (Å²) in [6.45, 7) is 7.21. The van der Waals surface area contributed by atoms with Gasteiger partial charge in [-0.05, 0) is 32.6 Å². The highest BCUT2D eigenvalue weighted by Crippen LogP contribution is 2.36. The number of hydrogen-bond acceptors (Lipinski definition) is 7. The molecule has 4 heterocycles. The number of rotatable bonds is 3. The van der Waals surface area contributed by atoms with E-state index >= 15 is 0 Å². The molecule has 2 aromatic rings. The fourth-order valence-corrected chi connectivity index (χ4v) is 4.04. The number of hydrogen-bond donors (Lipinski definition) is 0. The van der Waals surface area contributed by atoms with Crippen LogP contribution in [0.3, 0.4) is 0 Å². The third-order valence-corrected chi connectivity index (χ3v) is 5.60. The van der Waals surface area contributed by atoms with Gasteiger partial charge < -0.3 is 14.5 Å². The molecule has 0 saturated carbocycles. The molecule has 0 spiro atoms. The van der Waals surface area contributed by atoms with E-state index in [-0.39, 0.29) is 0 Å². The van der Waals surface area contributed by atoms with E-state index in [1.807, 2.05) is 6.07 Å². The van der Waals surface area contributed by atoms with Crippen molar-refractivity contribution in [2.24, 2.45) is 5.92 Å². The molecule has 0 radical (unpaired) electrons. The molecule has 0 N–H and O–H groups in total. The zero-order chi connectivity index (χ0) is 17.4. The number of fused-ring (bicyclic) bond motifs is 1. The molecule has 2 aromatic heterocycles. The normalized spacial score (nSPS) is 22.8. The van der Waals surface area contributed by atoms with Crippen LogP contribution < -0.4 is 14.5 Å². The summed E-state index contributed by atoms with van der Waals surface area (Å²) in [7, 11) is 1.64. The van der Waals surface area contributed by atoms with Gasteiger partial charge in [0.2, 0.25) is 5.88 Å². The molecule has 0 amide bonds. The second-order valence-electron chi connectivity index (χ2n) is 6.87. The van der Waals surface area contributed by atoms with Gasteiger partial charge in [-0.3, -0.25) is 0 Å². The monoisotopic (exact) mass is 340 g/mol. The molecular formula is C18H24N6O. The molecule has 2 unspecified atom stereocenters. The van der Waals surface area contributed by atoms with Crippen molar-refractivity contribution in [3.63, 3.8) is 0 Å². The molecule has 2 atom stereocenters. The molecule has 4 rings (SSSR count). The predicted molar refractivity (Wildman–Crippen MR) is 96.2 cm³/mol. The molecule has 7 nitrogen and oxygen atoms in total. The first kappa shape index (κ1) is 16.1. The van der Waals surface area contributed by atoms with Gasteiger partial charge in [-0.15, -0.1) is 0 Å². The number of piperidine rings is 1. The Morgan fingerprint density at radius 2 is 1.84 bits per heavy atom. The Bertz CT molecular complexity index is 767. The maximum Gasteiger partial charge on any atom is 0.218 e. The highest BCUT2D eigenvalue weighted by Gasteiger charge is 2.40. The van der Waals surface area contributed by atoms with Gasteiger partial charge >= 0.3 is 0 Å². The molecule has 2 aliphatic heterocycles. The SMILES string of the molecule is COc1cc(N2CCC3CCN(c4ncnc(C)c4C)C3C2)ncn1. The van der Waals surface area contributed by atoms with E-state index in [0.717, 1.165) is 42.9 Å². The fraction of sp³-hybridized carbons (Fsp3) is 0.556. The summed E-state index contributed by atoms with van der Waals surface area (Å²) < 4.78 is 5.25. The number of nitrogens with zero attached hydrogens (tertiary/aromatic N) is 6. The molecule has 7 heteroatoms. The summed E-state index contributed by atoms with van der Waals surface area (Å²) >= 11 is 0. The minimum absolute atomic E-state index is 0.461. The lowest BCUT2D eigenvalue weighted by atomic mass is 9.92. The Kier molecular flexibility index (Phi) is 4.15. The van der Waals surface area contributed by atoms with Crippen molar-refractivity contribution in [3.05, 3.63) is 30.0 Å². The Morgan fingerprint density at radius 1 is 1.04 bits per heavy atom. The molecule has 0 aromatic carbocycles. The Morgan fingerprint density at radius 3 is 2.68 bits per heavy atom. The summed E-state index contributed by atoms with van der Waals surface area (Å²) in [5.74, 6) is 3.35. The van der Waals surface area contributed by atoms with Gasteiger partial charge in [0.1, 0.15) is 24.3 Å². The van der Waals surface area contributed by atoms with Crippen LogP contribution in [-0.2, 0) is 0 Å². The van der Waals surface area contributed by atoms with E-state index in [4.69, 9.17) is 4.74 Å². The highest BCUT2D eigenvalue weighted by molar-refractivity contribution is 5.51. The number of aryl methyl sites for hydroxylation is 1. The fourth-order valence-electron chi connectivity index (χ4n) is 4.04. The predicted octanol–water partition coefficient (Wildman–Crippen LogP) is 2.00. The van der Waals surface area contributed by atoms with Crippen LogP contribution in [-0.4, -0.2) is 52.7 Å². The van der Waals surface area contributed by atoms with E-state index in [1.165, 1.54) is 18.4 Å². The van der Waals surface area contributed by atoms with Gasteiger partial charge in [0, 0.05) is 37.0 Å². The van der Waals surface area contributed by atoms with Gasteiger partial charge in [0.05, 0.1) is 13.2 Å². The number of aromatic nitrogens is 4. The van der Waals surface area contributed by atoms with Gasteiger partial charge in [-0.2, -0.15) is 0 Å². The zero-order valence-electron chi connectivity index (χ0n) is 15.0. The van der Waals surface area contributed by atoms with Crippen molar-refractivity contribution in [2.45, 2.75) is 32.7 Å². The number of ether oxygens (including phenoxy) is 1. The van der Waals surface area contributed by atoms with Crippen LogP contribution in [0.2, 0.25) is 0 Å². The zero-order valence-corrected chi connectivity index (χ0v) is 15.0. The van der Waals surface area contributed by atoms with Crippen molar-refractivity contribution in [3.8, 4) is 5.88 Å². The van der Waals surface area contributed by atoms with Crippen LogP contribution in [0.4, 0.5) is 11.6 Å². The molecule has 2 aliphatic rings. The average molecular weight is 340 g/mol. The third-order valence-electron chi connectivity index (χ3n) is 5.60. The Balaban J connectivity index is 1.59. The lowest BCUT2D eigenvalue weighted by Gasteiger charge is -2.39. The molecule has 2 saturated heterocycles. The van der Waals surface area contributed by atoms with Crippen LogP contribution in [0, 0.1) is 19.8 Å². The minimum Gasteiger partial charge on any atom is -0.481 e. The Labute approximate surface area is 148 Å². The number of methoxy groups -OCH3 is 1. The number of anilines is 2. The first-order valence-corrected chi connectivity index (χ1v) is 8.83. The summed E-state index contributed by atoms with van der Waals surface area (Å²) in [5.41, 5.74) is 2.24. The summed E-state index contributed by atoms with van der Waals surface area (Å²) in [6.07, 6.45) is 5.66. The van der Waals surface area contributed by atoms with Crippen molar-refractivity contribution in [2.75, 3.05) is 36.5 Å². The van der Waals surface area contributed by atoms with Crippen LogP contribution in [0.25, 0.3) is 0 Å². The van der Waals surface area contributed by atoms with Crippen molar-refractivity contribution >= 4 is 11.6 Å². The highest BCUT2D eigenvalue weighted by atomic mass is 16.5. The lowest BCUT2D eigenvalue weighted by molar-refractivity contribution is 0.383. The second-order valence-corrected chi connectivity index (χ2v) is 6.87. The molecular weight excluding hydrogens is 316 g/mol. The molecule has 132 valence electrons. The quantitative estimate of drug-likeness (QED) is 0.846. The molecule has 2 fully saturated rings. The topological polar surface area (TPSA) is 67.3 Å². The maximum absolute atomic E-state index is 5.25. The first-order chi connectivity index (χ1) is 12.2. The van der Waals surface area contributed by atoms with Gasteiger partial charge in [-0.1, -0.05) is 0 Å². The third kappa shape index (κ3) is 2.88. The van der Waals surface area contributed by atoms with Crippen LogP contribution >= 0.6 is 0 Å². The van der Waals surface area contributed by atoms with Crippen LogP contribution in [0.5, 0.6) is 5.88 Å². The van der Waals surface area contributed by atoms with Crippen molar-refractivity contribution in [1.29, 1.82) is 0 Å². The van der Waals surface area contributed by atoms with Crippen LogP contribution in [0.1, 0.15) is 24.1 Å². The van der Waals surface area contributed by atoms with E-state index < -0.39 is 0 Å². The van der Waals surface area contributed by atoms with E-state index in [0.29, 0.717) is 11.9 Å². The average Bonchev–Trinajstić information content (AvgIpc) is 3.07. The van der Waals surface area contributed by atoms with Crippen molar-refractivity contribution in [1.82, 2.24) is 19.9 Å². The smallest absolute Gasteiger partial charge is 0.218 e. The summed E-state index contributed by atoms with van der Waals surface area (Å²) in [4.78, 5) is 22.3. The maximum atomic E-state index is 5.25. The largest absolute Gasteiger partial charge is 0.481 e. The van der Waals surface area contributed by atoms with E-state index in [9.17, 15) is 0 Å². The standard InChI is InChI=1S/C18H24N6O/c1-12-13(2)19-10-22-18(12)24-7-5-14-4-6-23(9-15(14)24)16-8-17(25-3)21-11-20-16/h8,10-11,14-15H,4-7,9H2,1-3H3. The van der Waals surface area contributed by atoms with Gasteiger partial charge in [0.15, 0.2) is 0 Å². The first-order valence-electron chi connectivity index (χ1n) is 8.83. The van der Waals surface area contributed by atoms with E-state index in [2.05, 4.69) is 43.6 Å². The lowest BCUT2D eigenvalue weighted by Crippen LogP contribution is -2.49. The molecule has 0 aliphatic carbocycles. The minimum atomic E-state index is 0.461. The second kappa shape index (κ2) is 6.46. The van der Waals surface area contributed by atoms with Gasteiger partial charge in [-0.25, -0.2) is 19.9 Å².